The normalized spacial score (nSPS) is 14.7. The van der Waals surface area contributed by atoms with Gasteiger partial charge in [-0.3, -0.25) is 4.99 Å². The molecule has 166 valence electrons. The Morgan fingerprint density at radius 1 is 1.39 bits per heavy atom. The maximum absolute atomic E-state index is 11.9. The van der Waals surface area contributed by atoms with Crippen molar-refractivity contribution >= 4 is 34.8 Å². The third kappa shape index (κ3) is 3.93. The molecule has 12 heteroatoms. The molecular weight excluding hydrogens is 448 g/mol. The van der Waals surface area contributed by atoms with E-state index in [9.17, 15) is 15.0 Å². The minimum absolute atomic E-state index is 0.111. The molecule has 0 saturated heterocycles. The summed E-state index contributed by atoms with van der Waals surface area (Å²) in [5.41, 5.74) is 1.49. The number of hydrogen-bond acceptors (Lipinski definition) is 8. The number of rotatable bonds is 5. The monoisotopic (exact) mass is 464 g/mol. The molecule has 0 bridgehead atoms. The Hall–Kier alpha value is -4.14. The van der Waals surface area contributed by atoms with Gasteiger partial charge in [0.05, 0.1) is 34.6 Å². The Kier molecular flexibility index (Phi) is 5.08. The molecule has 5 rings (SSSR count). The topological polar surface area (TPSA) is 157 Å². The van der Waals surface area contributed by atoms with Gasteiger partial charge >= 0.3 is 5.69 Å². The van der Waals surface area contributed by atoms with Gasteiger partial charge < -0.3 is 20.5 Å². The Morgan fingerprint density at radius 3 is 2.88 bits per heavy atom. The number of aliphatic hydroxyl groups excluding tert-OH is 1. The van der Waals surface area contributed by atoms with Gasteiger partial charge in [-0.2, -0.15) is 14.9 Å². The van der Waals surface area contributed by atoms with Gasteiger partial charge in [-0.25, -0.2) is 14.3 Å². The number of nitrogens with one attached hydrogen (secondary N) is 2. The van der Waals surface area contributed by atoms with Crippen LogP contribution in [-0.4, -0.2) is 40.4 Å². The van der Waals surface area contributed by atoms with E-state index in [-0.39, 0.29) is 11.7 Å². The molecule has 3 heterocycles. The third-order valence-corrected chi connectivity index (χ3v) is 5.44. The molecule has 4 N–H and O–H groups in total. The van der Waals surface area contributed by atoms with Gasteiger partial charge in [0.15, 0.2) is 11.1 Å². The molecular formula is C21H17ClN8O3. The second-order valence-corrected chi connectivity index (χ2v) is 7.92. The minimum atomic E-state index is -0.661. The maximum Gasteiger partial charge on any atom is 0.330 e. The lowest BCUT2D eigenvalue weighted by atomic mass is 10.2. The van der Waals surface area contributed by atoms with Gasteiger partial charge in [-0.15, -0.1) is 0 Å². The van der Waals surface area contributed by atoms with Crippen molar-refractivity contribution in [3.05, 3.63) is 67.9 Å². The van der Waals surface area contributed by atoms with Crippen molar-refractivity contribution in [3.8, 4) is 11.9 Å². The molecule has 1 aliphatic rings. The fourth-order valence-corrected chi connectivity index (χ4v) is 3.53. The summed E-state index contributed by atoms with van der Waals surface area (Å²) in [5, 5.41) is 36.9. The highest BCUT2D eigenvalue weighted by Crippen LogP contribution is 2.26. The van der Waals surface area contributed by atoms with Gasteiger partial charge in [-0.1, -0.05) is 11.6 Å². The fourth-order valence-electron chi connectivity index (χ4n) is 3.30. The van der Waals surface area contributed by atoms with Crippen LogP contribution in [0.1, 0.15) is 24.1 Å². The molecule has 0 unspecified atom stereocenters. The van der Waals surface area contributed by atoms with Crippen molar-refractivity contribution in [1.82, 2.24) is 24.1 Å². The van der Waals surface area contributed by atoms with E-state index in [2.05, 4.69) is 20.4 Å². The van der Waals surface area contributed by atoms with Crippen LogP contribution in [0.5, 0.6) is 5.88 Å². The molecule has 1 aromatic carbocycles. The number of benzene rings is 1. The van der Waals surface area contributed by atoms with Crippen LogP contribution in [0.15, 0.2) is 40.2 Å². The highest BCUT2D eigenvalue weighted by Gasteiger charge is 2.20. The number of aromatic hydroxyl groups is 1. The van der Waals surface area contributed by atoms with Crippen molar-refractivity contribution in [3.63, 3.8) is 0 Å². The van der Waals surface area contributed by atoms with Crippen molar-refractivity contribution < 1.29 is 10.2 Å². The van der Waals surface area contributed by atoms with E-state index in [1.165, 1.54) is 6.08 Å². The van der Waals surface area contributed by atoms with Gasteiger partial charge in [-0.05, 0) is 37.1 Å². The summed E-state index contributed by atoms with van der Waals surface area (Å²) < 4.78 is 2.37. The Balaban J connectivity index is 1.66. The number of fused-ring (bicyclic) bond motifs is 1. The van der Waals surface area contributed by atoms with Crippen molar-refractivity contribution in [2.75, 3.05) is 5.32 Å². The number of imidazole rings is 1. The van der Waals surface area contributed by atoms with E-state index >= 15 is 0 Å². The molecule has 3 aromatic heterocycles. The summed E-state index contributed by atoms with van der Waals surface area (Å²) in [5.74, 6) is 0.0534. The molecule has 0 amide bonds. The van der Waals surface area contributed by atoms with E-state index < -0.39 is 18.3 Å². The largest absolute Gasteiger partial charge is 0.493 e. The quantitative estimate of drug-likeness (QED) is 0.339. The summed E-state index contributed by atoms with van der Waals surface area (Å²) in [6, 6.07) is 8.90. The minimum Gasteiger partial charge on any atom is -0.493 e. The molecule has 33 heavy (non-hydrogen) atoms. The highest BCUT2D eigenvalue weighted by atomic mass is 35.5. The van der Waals surface area contributed by atoms with Crippen LogP contribution >= 0.6 is 11.6 Å². The highest BCUT2D eigenvalue weighted by molar-refractivity contribution is 6.33. The Bertz CT molecular complexity index is 1610. The predicted octanol–water partition coefficient (Wildman–Crippen LogP) is 0.754. The second-order valence-electron chi connectivity index (χ2n) is 7.51. The molecule has 11 nitrogen and oxygen atoms in total. The molecule has 1 saturated carbocycles. The van der Waals surface area contributed by atoms with Gasteiger partial charge in [0.2, 0.25) is 5.88 Å². The average Bonchev–Trinajstić information content (AvgIpc) is 3.46. The first kappa shape index (κ1) is 20.7. The zero-order valence-electron chi connectivity index (χ0n) is 17.0. The van der Waals surface area contributed by atoms with E-state index in [1.54, 1.807) is 35.0 Å². The first-order valence-electron chi connectivity index (χ1n) is 10.0. The number of anilines is 2. The Morgan fingerprint density at radius 2 is 2.21 bits per heavy atom. The zero-order valence-corrected chi connectivity index (χ0v) is 17.8. The van der Waals surface area contributed by atoms with Crippen molar-refractivity contribution in [2.24, 2.45) is 4.99 Å². The number of aromatic nitrogens is 5. The summed E-state index contributed by atoms with van der Waals surface area (Å²) in [7, 11) is 0. The van der Waals surface area contributed by atoms with Crippen molar-refractivity contribution in [2.45, 2.75) is 25.6 Å². The van der Waals surface area contributed by atoms with Crippen LogP contribution in [0, 0.1) is 11.3 Å². The molecule has 1 fully saturated rings. The SMILES string of the molecule is N#Cc1ccc(Nc2cc(=NC3CC3)n3ncc(=Cc4[nH]c(=O)n(CO)c4O)c3n2)c(Cl)c1. The van der Waals surface area contributed by atoms with E-state index in [0.717, 1.165) is 17.4 Å². The lowest BCUT2D eigenvalue weighted by Crippen LogP contribution is -2.19. The number of H-pyrrole nitrogens is 1. The summed E-state index contributed by atoms with van der Waals surface area (Å²) >= 11 is 6.30. The lowest BCUT2D eigenvalue weighted by molar-refractivity contribution is 0.192. The summed E-state index contributed by atoms with van der Waals surface area (Å²) in [4.78, 5) is 23.7. The number of nitrogens with zero attached hydrogens (tertiary/aromatic N) is 6. The Labute approximate surface area is 190 Å². The van der Waals surface area contributed by atoms with Crippen molar-refractivity contribution in [1.29, 1.82) is 5.26 Å². The van der Waals surface area contributed by atoms with Crippen LogP contribution < -0.4 is 21.7 Å². The number of hydrogen-bond donors (Lipinski definition) is 4. The number of halogens is 1. The summed E-state index contributed by atoms with van der Waals surface area (Å²) in [6.45, 7) is -0.661. The average molecular weight is 465 g/mol. The van der Waals surface area contributed by atoms with Crippen LogP contribution in [0.25, 0.3) is 11.7 Å². The molecule has 1 aliphatic carbocycles. The molecule has 0 spiro atoms. The van der Waals surface area contributed by atoms with E-state index in [0.29, 0.717) is 38.4 Å². The second kappa shape index (κ2) is 8.09. The van der Waals surface area contributed by atoms with E-state index in [1.807, 2.05) is 6.07 Å². The fraction of sp³-hybridized carbons (Fsp3) is 0.190. The molecule has 4 aromatic rings. The number of aromatic amines is 1. The smallest absolute Gasteiger partial charge is 0.330 e. The number of aliphatic hydroxyl groups is 1. The van der Waals surface area contributed by atoms with Gasteiger partial charge in [0.25, 0.3) is 0 Å². The zero-order chi connectivity index (χ0) is 23.1. The summed E-state index contributed by atoms with van der Waals surface area (Å²) in [6.07, 6.45) is 5.05. The standard InChI is InChI=1S/C21H17ClN8O3/c22-14-5-11(8-23)1-4-15(14)26-17-7-18(25-13-2-3-13)30-19(28-17)12(9-24-30)6-16-20(32)29(10-31)21(33)27-16/h1,4-7,9,13,26,31-32H,2-3,10H2,(H,27,33). The lowest BCUT2D eigenvalue weighted by Gasteiger charge is -2.08. The first-order valence-corrected chi connectivity index (χ1v) is 10.4. The van der Waals surface area contributed by atoms with Gasteiger partial charge in [0.1, 0.15) is 18.2 Å². The molecule has 0 radical (unpaired) electrons. The maximum atomic E-state index is 11.9. The van der Waals surface area contributed by atoms with E-state index in [4.69, 9.17) is 21.9 Å². The van der Waals surface area contributed by atoms with Crippen LogP contribution in [0.3, 0.4) is 0 Å². The first-order chi connectivity index (χ1) is 16.0. The third-order valence-electron chi connectivity index (χ3n) is 5.13. The number of nitriles is 1. The van der Waals surface area contributed by atoms with Crippen LogP contribution in [0.2, 0.25) is 5.02 Å². The molecule has 0 aliphatic heterocycles. The van der Waals surface area contributed by atoms with Crippen LogP contribution in [-0.2, 0) is 6.73 Å². The molecule has 0 atom stereocenters. The predicted molar refractivity (Wildman–Crippen MR) is 119 cm³/mol. The van der Waals surface area contributed by atoms with Gasteiger partial charge in [0, 0.05) is 11.3 Å². The van der Waals surface area contributed by atoms with Crippen LogP contribution in [0.4, 0.5) is 11.5 Å².